The lowest BCUT2D eigenvalue weighted by atomic mass is 9.97. The third kappa shape index (κ3) is 2.86. The predicted molar refractivity (Wildman–Crippen MR) is 75.8 cm³/mol. The molecule has 1 aromatic rings. The van der Waals surface area contributed by atoms with Crippen molar-refractivity contribution in [2.24, 2.45) is 11.8 Å². The van der Waals surface area contributed by atoms with Crippen LogP contribution in [0.3, 0.4) is 0 Å². The monoisotopic (exact) mass is 330 g/mol. The van der Waals surface area contributed by atoms with Crippen molar-refractivity contribution in [2.75, 3.05) is 0 Å². The van der Waals surface area contributed by atoms with Crippen molar-refractivity contribution in [1.29, 1.82) is 0 Å². The molecule has 1 N–H and O–H groups in total. The quantitative estimate of drug-likeness (QED) is 0.840. The first-order valence-corrected chi connectivity index (χ1v) is 7.28. The number of carbonyl (C=O) groups is 1. The van der Waals surface area contributed by atoms with Crippen molar-refractivity contribution in [3.05, 3.63) is 27.5 Å². The lowest BCUT2D eigenvalue weighted by Crippen LogP contribution is -2.37. The smallest absolute Gasteiger partial charge is 0.254 e. The maximum Gasteiger partial charge on any atom is 0.254 e. The van der Waals surface area contributed by atoms with E-state index in [-0.39, 0.29) is 17.1 Å². The second-order valence-corrected chi connectivity index (χ2v) is 6.26. The van der Waals surface area contributed by atoms with Gasteiger partial charge >= 0.3 is 0 Å². The molecule has 3 nitrogen and oxygen atoms in total. The first kappa shape index (κ1) is 13.8. The molecule has 0 aromatic carbocycles. The Bertz CT molecular complexity index is 466. The van der Waals surface area contributed by atoms with Crippen LogP contribution in [0, 0.1) is 11.8 Å². The zero-order chi connectivity index (χ0) is 13.3. The third-order valence-electron chi connectivity index (χ3n) is 3.83. The van der Waals surface area contributed by atoms with Crippen LogP contribution in [0.5, 0.6) is 0 Å². The zero-order valence-corrected chi connectivity index (χ0v) is 12.8. The first-order valence-electron chi connectivity index (χ1n) is 6.11. The van der Waals surface area contributed by atoms with Crippen LogP contribution in [0.2, 0.25) is 5.15 Å². The van der Waals surface area contributed by atoms with Crippen LogP contribution in [0.25, 0.3) is 0 Å². The summed E-state index contributed by atoms with van der Waals surface area (Å²) in [5.74, 6) is 1.03. The van der Waals surface area contributed by atoms with Crippen molar-refractivity contribution < 1.29 is 4.79 Å². The van der Waals surface area contributed by atoms with Gasteiger partial charge in [-0.2, -0.15) is 0 Å². The van der Waals surface area contributed by atoms with Crippen molar-refractivity contribution in [3.8, 4) is 0 Å². The van der Waals surface area contributed by atoms with Gasteiger partial charge < -0.3 is 5.32 Å². The summed E-state index contributed by atoms with van der Waals surface area (Å²) in [6, 6.07) is 1.94. The number of hydrogen-bond donors (Lipinski definition) is 1. The van der Waals surface area contributed by atoms with Crippen LogP contribution < -0.4 is 5.32 Å². The Morgan fingerprint density at radius 2 is 2.22 bits per heavy atom. The van der Waals surface area contributed by atoms with Gasteiger partial charge in [0, 0.05) is 16.7 Å². The maximum atomic E-state index is 12.2. The molecule has 0 spiro atoms. The third-order valence-corrected chi connectivity index (χ3v) is 4.57. The van der Waals surface area contributed by atoms with Crippen LogP contribution in [0.4, 0.5) is 0 Å². The maximum absolute atomic E-state index is 12.2. The molecule has 3 atom stereocenters. The Hall–Kier alpha value is -0.610. The standard InChI is InChI=1S/C13H16BrClN2O/c1-7-3-4-11(8(7)2)17-13(18)10-5-9(14)6-16-12(10)15/h5-8,11H,3-4H2,1-2H3,(H,17,18). The SMILES string of the molecule is CC1CCC(NC(=O)c2cc(Br)cnc2Cl)C1C. The fourth-order valence-corrected chi connectivity index (χ4v) is 2.92. The molecule has 3 unspecified atom stereocenters. The predicted octanol–water partition coefficient (Wildman–Crippen LogP) is 3.66. The Kier molecular flexibility index (Phi) is 4.28. The molecule has 1 amide bonds. The number of nitrogens with one attached hydrogen (secondary N) is 1. The molecule has 2 rings (SSSR count). The van der Waals surface area contributed by atoms with E-state index in [2.05, 4.69) is 40.1 Å². The summed E-state index contributed by atoms with van der Waals surface area (Å²) < 4.78 is 0.755. The fourth-order valence-electron chi connectivity index (χ4n) is 2.40. The molecule has 0 aliphatic heterocycles. The van der Waals surface area contributed by atoms with E-state index in [1.165, 1.54) is 0 Å². The van der Waals surface area contributed by atoms with Gasteiger partial charge in [0.2, 0.25) is 0 Å². The summed E-state index contributed by atoms with van der Waals surface area (Å²) in [6.45, 7) is 4.41. The first-order chi connectivity index (χ1) is 8.49. The van der Waals surface area contributed by atoms with Gasteiger partial charge in [0.1, 0.15) is 5.15 Å². The minimum atomic E-state index is -0.139. The highest BCUT2D eigenvalue weighted by Crippen LogP contribution is 2.31. The van der Waals surface area contributed by atoms with Crippen molar-refractivity contribution >= 4 is 33.4 Å². The molecular weight excluding hydrogens is 316 g/mol. The Morgan fingerprint density at radius 1 is 1.50 bits per heavy atom. The minimum Gasteiger partial charge on any atom is -0.349 e. The van der Waals surface area contributed by atoms with E-state index in [0.29, 0.717) is 17.4 Å². The summed E-state index contributed by atoms with van der Waals surface area (Å²) in [4.78, 5) is 16.1. The topological polar surface area (TPSA) is 42.0 Å². The molecular formula is C13H16BrClN2O. The summed E-state index contributed by atoms with van der Waals surface area (Å²) in [5, 5.41) is 3.30. The highest BCUT2D eigenvalue weighted by molar-refractivity contribution is 9.10. The van der Waals surface area contributed by atoms with Gasteiger partial charge in [0.15, 0.2) is 0 Å². The lowest BCUT2D eigenvalue weighted by Gasteiger charge is -2.19. The van der Waals surface area contributed by atoms with Crippen LogP contribution in [0.1, 0.15) is 37.0 Å². The molecule has 1 saturated carbocycles. The van der Waals surface area contributed by atoms with E-state index in [4.69, 9.17) is 11.6 Å². The average Bonchev–Trinajstić information content (AvgIpc) is 2.64. The molecule has 0 radical (unpaired) electrons. The number of rotatable bonds is 2. The van der Waals surface area contributed by atoms with Crippen molar-refractivity contribution in [3.63, 3.8) is 0 Å². The number of pyridine rings is 1. The molecule has 98 valence electrons. The molecule has 18 heavy (non-hydrogen) atoms. The second kappa shape index (κ2) is 5.57. The molecule has 1 aliphatic rings. The minimum absolute atomic E-state index is 0.139. The van der Waals surface area contributed by atoms with Gasteiger partial charge in [0.25, 0.3) is 5.91 Å². The summed E-state index contributed by atoms with van der Waals surface area (Å²) in [5.41, 5.74) is 0.429. The van der Waals surface area contributed by atoms with Crippen molar-refractivity contribution in [1.82, 2.24) is 10.3 Å². The highest BCUT2D eigenvalue weighted by Gasteiger charge is 2.31. The molecule has 1 aliphatic carbocycles. The molecule has 0 bridgehead atoms. The van der Waals surface area contributed by atoms with Gasteiger partial charge in [-0.25, -0.2) is 4.98 Å². The number of amides is 1. The average molecular weight is 332 g/mol. The molecule has 5 heteroatoms. The van der Waals surface area contributed by atoms with Gasteiger partial charge in [-0.1, -0.05) is 25.4 Å². The van der Waals surface area contributed by atoms with Crippen molar-refractivity contribution in [2.45, 2.75) is 32.7 Å². The second-order valence-electron chi connectivity index (χ2n) is 4.99. The Balaban J connectivity index is 2.10. The lowest BCUT2D eigenvalue weighted by molar-refractivity contribution is 0.0927. The van der Waals surface area contributed by atoms with Crippen LogP contribution in [-0.2, 0) is 0 Å². The van der Waals surface area contributed by atoms with Crippen LogP contribution in [-0.4, -0.2) is 16.9 Å². The molecule has 1 fully saturated rings. The van der Waals surface area contributed by atoms with E-state index < -0.39 is 0 Å². The van der Waals surface area contributed by atoms with Crippen LogP contribution in [0.15, 0.2) is 16.7 Å². The zero-order valence-electron chi connectivity index (χ0n) is 10.4. The van der Waals surface area contributed by atoms with Crippen LogP contribution >= 0.6 is 27.5 Å². The summed E-state index contributed by atoms with van der Waals surface area (Å²) >= 11 is 9.25. The van der Waals surface area contributed by atoms with E-state index in [0.717, 1.165) is 17.3 Å². The number of nitrogens with zero attached hydrogens (tertiary/aromatic N) is 1. The van der Waals surface area contributed by atoms with E-state index in [1.54, 1.807) is 12.3 Å². The van der Waals surface area contributed by atoms with E-state index in [1.807, 2.05) is 0 Å². The molecule has 0 saturated heterocycles. The van der Waals surface area contributed by atoms with Gasteiger partial charge in [-0.05, 0) is 46.7 Å². The largest absolute Gasteiger partial charge is 0.349 e. The number of carbonyl (C=O) groups excluding carboxylic acids is 1. The molecule has 1 heterocycles. The van der Waals surface area contributed by atoms with Gasteiger partial charge in [-0.3, -0.25) is 4.79 Å². The number of hydrogen-bond acceptors (Lipinski definition) is 2. The van der Waals surface area contributed by atoms with Gasteiger partial charge in [0.05, 0.1) is 5.56 Å². The fraction of sp³-hybridized carbons (Fsp3) is 0.538. The number of halogens is 2. The Morgan fingerprint density at radius 3 is 2.83 bits per heavy atom. The van der Waals surface area contributed by atoms with E-state index >= 15 is 0 Å². The number of aromatic nitrogens is 1. The Labute approximate surface area is 120 Å². The van der Waals surface area contributed by atoms with Gasteiger partial charge in [-0.15, -0.1) is 0 Å². The molecule has 1 aromatic heterocycles. The summed E-state index contributed by atoms with van der Waals surface area (Å²) in [6.07, 6.45) is 3.78. The highest BCUT2D eigenvalue weighted by atomic mass is 79.9. The summed E-state index contributed by atoms with van der Waals surface area (Å²) in [7, 11) is 0. The normalized spacial score (nSPS) is 27.2. The van der Waals surface area contributed by atoms with E-state index in [9.17, 15) is 4.79 Å².